The quantitative estimate of drug-likeness (QED) is 0.0785. The maximum absolute atomic E-state index is 15.5. The molecule has 13 heteroatoms. The lowest BCUT2D eigenvalue weighted by Crippen LogP contribution is -2.48. The minimum atomic E-state index is -1.12. The molecule has 0 bridgehead atoms. The molecule has 0 fully saturated rings. The van der Waals surface area contributed by atoms with Crippen LogP contribution in [0.25, 0.3) is 32.9 Å². The fourth-order valence-corrected chi connectivity index (χ4v) is 9.04. The summed E-state index contributed by atoms with van der Waals surface area (Å²) in [6, 6.07) is 20.3. The molecule has 1 N–H and O–H groups in total. The van der Waals surface area contributed by atoms with E-state index in [1.54, 1.807) is 39.9 Å². The standard InChI is InChI=1S/C45H44Cl2N6O5/c1-24-20-30(21-25(2)39(24)46)58-19-11-15-32-31-13-10-14-33(38-26(3)49-50(6)27(38)4)40(31)52-28(5)43(47)53(44(54)42(32)52)35-16-17-37(57-7)34-22-36(45(55)56)51(41(34)35)23-29-12-8-9-18-48-29/h8-10,12-14,16-18,20-22,28,43H,11,15,19,23H2,1-7H3,(H,55,56)/t28-,43?/m1/s1. The van der Waals surface area contributed by atoms with Crippen LogP contribution in [0.3, 0.4) is 0 Å². The number of ether oxygens (including phenoxy) is 2. The lowest BCUT2D eigenvalue weighted by Gasteiger charge is -2.39. The lowest BCUT2D eigenvalue weighted by molar-refractivity contribution is 0.0686. The van der Waals surface area contributed by atoms with Crippen LogP contribution in [-0.2, 0) is 20.0 Å². The topological polar surface area (TPSA) is 117 Å². The smallest absolute Gasteiger partial charge is 0.352 e. The zero-order valence-corrected chi connectivity index (χ0v) is 34.9. The molecule has 7 aromatic rings. The van der Waals surface area contributed by atoms with Gasteiger partial charge in [-0.25, -0.2) is 4.79 Å². The minimum absolute atomic E-state index is 0.0303. The second-order valence-electron chi connectivity index (χ2n) is 15.0. The fourth-order valence-electron chi connectivity index (χ4n) is 8.63. The van der Waals surface area contributed by atoms with E-state index in [1.807, 2.05) is 76.7 Å². The number of amides is 1. The number of alkyl halides is 1. The number of benzene rings is 3. The summed E-state index contributed by atoms with van der Waals surface area (Å²) in [5.74, 6) is -0.208. The Morgan fingerprint density at radius 2 is 1.72 bits per heavy atom. The Labute approximate surface area is 346 Å². The van der Waals surface area contributed by atoms with E-state index in [0.717, 1.165) is 60.9 Å². The first-order valence-electron chi connectivity index (χ1n) is 19.2. The number of hydrogen-bond acceptors (Lipinski definition) is 6. The number of carboxylic acids is 1. The average molecular weight is 820 g/mol. The van der Waals surface area contributed by atoms with E-state index in [-0.39, 0.29) is 18.1 Å². The largest absolute Gasteiger partial charge is 0.496 e. The second kappa shape index (κ2) is 15.2. The van der Waals surface area contributed by atoms with Gasteiger partial charge in [-0.15, -0.1) is 0 Å². The molecule has 0 spiro atoms. The first kappa shape index (κ1) is 39.1. The first-order chi connectivity index (χ1) is 27.8. The number of para-hydroxylation sites is 1. The number of anilines is 1. The van der Waals surface area contributed by atoms with Crippen LogP contribution in [-0.4, -0.2) is 60.1 Å². The van der Waals surface area contributed by atoms with E-state index in [2.05, 4.69) is 21.7 Å². The minimum Gasteiger partial charge on any atom is -0.496 e. The normalized spacial score (nSPS) is 15.4. The number of nitrogens with zero attached hydrogens (tertiary/aromatic N) is 6. The Kier molecular flexibility index (Phi) is 10.2. The highest BCUT2D eigenvalue weighted by atomic mass is 35.5. The molecular formula is C45H44Cl2N6O5. The van der Waals surface area contributed by atoms with E-state index >= 15 is 4.79 Å². The highest BCUT2D eigenvalue weighted by Crippen LogP contribution is 2.47. The van der Waals surface area contributed by atoms with E-state index in [9.17, 15) is 9.90 Å². The highest BCUT2D eigenvalue weighted by Gasteiger charge is 2.43. The van der Waals surface area contributed by atoms with Crippen LogP contribution in [0, 0.1) is 27.7 Å². The Balaban J connectivity index is 1.31. The third-order valence-electron chi connectivity index (χ3n) is 11.4. The molecule has 0 radical (unpaired) electrons. The van der Waals surface area contributed by atoms with Gasteiger partial charge in [-0.2, -0.15) is 5.10 Å². The molecule has 11 nitrogen and oxygen atoms in total. The molecule has 5 heterocycles. The van der Waals surface area contributed by atoms with Gasteiger partial charge in [-0.3, -0.25) is 19.4 Å². The summed E-state index contributed by atoms with van der Waals surface area (Å²) >= 11 is 14.0. The van der Waals surface area contributed by atoms with Crippen molar-refractivity contribution in [2.24, 2.45) is 7.05 Å². The molecule has 2 atom stereocenters. The number of carbonyl (C=O) groups is 2. The van der Waals surface area contributed by atoms with Gasteiger partial charge < -0.3 is 23.7 Å². The van der Waals surface area contributed by atoms with Crippen LogP contribution in [0.2, 0.25) is 5.02 Å². The Morgan fingerprint density at radius 1 is 0.966 bits per heavy atom. The number of fused-ring (bicyclic) bond motifs is 4. The molecule has 1 aliphatic rings. The summed E-state index contributed by atoms with van der Waals surface area (Å²) in [5, 5.41) is 17.4. The van der Waals surface area contributed by atoms with Crippen LogP contribution in [0.15, 0.2) is 72.9 Å². The second-order valence-corrected chi connectivity index (χ2v) is 15.8. The van der Waals surface area contributed by atoms with E-state index in [0.29, 0.717) is 53.2 Å². The Bertz CT molecular complexity index is 2750. The number of aromatic nitrogens is 5. The molecule has 1 aliphatic heterocycles. The van der Waals surface area contributed by atoms with Gasteiger partial charge in [-0.1, -0.05) is 47.5 Å². The lowest BCUT2D eigenvalue weighted by atomic mass is 9.98. The summed E-state index contributed by atoms with van der Waals surface area (Å²) in [6.07, 6.45) is 2.82. The summed E-state index contributed by atoms with van der Waals surface area (Å²) in [5.41, 5.74) is 8.86. The Hall–Kier alpha value is -5.78. The third kappa shape index (κ3) is 6.37. The summed E-state index contributed by atoms with van der Waals surface area (Å²) in [4.78, 5) is 34.4. The van der Waals surface area contributed by atoms with Gasteiger partial charge in [0.15, 0.2) is 0 Å². The van der Waals surface area contributed by atoms with Gasteiger partial charge in [-0.05, 0) is 107 Å². The molecule has 298 valence electrons. The van der Waals surface area contributed by atoms with Crippen LogP contribution in [0.5, 0.6) is 11.5 Å². The Morgan fingerprint density at radius 3 is 2.38 bits per heavy atom. The molecule has 0 aliphatic carbocycles. The van der Waals surface area contributed by atoms with Crippen LogP contribution in [0.4, 0.5) is 5.69 Å². The maximum atomic E-state index is 15.5. The molecule has 8 rings (SSSR count). The van der Waals surface area contributed by atoms with Crippen molar-refractivity contribution in [1.82, 2.24) is 23.9 Å². The highest BCUT2D eigenvalue weighted by molar-refractivity contribution is 6.32. The van der Waals surface area contributed by atoms with Crippen molar-refractivity contribution in [3.05, 3.63) is 123 Å². The number of pyridine rings is 1. The number of carbonyl (C=O) groups excluding carboxylic acids is 1. The number of methoxy groups -OCH3 is 1. The summed E-state index contributed by atoms with van der Waals surface area (Å²) in [6.45, 7) is 10.5. The van der Waals surface area contributed by atoms with Crippen molar-refractivity contribution in [2.45, 2.75) is 65.5 Å². The van der Waals surface area contributed by atoms with Gasteiger partial charge in [0.2, 0.25) is 0 Å². The number of carboxylic acid groups (broad SMARTS) is 1. The molecule has 4 aromatic heterocycles. The van der Waals surface area contributed by atoms with Crippen molar-refractivity contribution >= 4 is 62.6 Å². The number of rotatable bonds is 11. The van der Waals surface area contributed by atoms with Crippen molar-refractivity contribution in [2.75, 3.05) is 18.6 Å². The van der Waals surface area contributed by atoms with Gasteiger partial charge in [0.25, 0.3) is 5.91 Å². The first-order valence-corrected chi connectivity index (χ1v) is 20.0. The van der Waals surface area contributed by atoms with Gasteiger partial charge in [0.05, 0.1) is 54.4 Å². The van der Waals surface area contributed by atoms with Crippen LogP contribution in [0.1, 0.15) is 74.1 Å². The van der Waals surface area contributed by atoms with Gasteiger partial charge in [0, 0.05) is 45.9 Å². The average Bonchev–Trinajstić information content (AvgIpc) is 3.83. The predicted molar refractivity (Wildman–Crippen MR) is 228 cm³/mol. The summed E-state index contributed by atoms with van der Waals surface area (Å²) < 4.78 is 17.7. The van der Waals surface area contributed by atoms with Crippen molar-refractivity contribution in [1.29, 1.82) is 0 Å². The SMILES string of the molecule is COc1ccc(N2C(=O)c3c(CCCOc4cc(C)c(Cl)c(C)c4)c4cccc(-c5c(C)nn(C)c5C)c4n3[C@H](C)C2Cl)c2c1cc(C(=O)O)n2Cc1ccccn1. The van der Waals surface area contributed by atoms with E-state index in [1.165, 1.54) is 7.11 Å². The number of aromatic carboxylic acids is 1. The zero-order chi connectivity index (χ0) is 41.2. The van der Waals surface area contributed by atoms with Crippen LogP contribution < -0.4 is 14.4 Å². The zero-order valence-electron chi connectivity index (χ0n) is 33.4. The van der Waals surface area contributed by atoms with Crippen molar-refractivity contribution < 1.29 is 24.2 Å². The van der Waals surface area contributed by atoms with Gasteiger partial charge in [0.1, 0.15) is 28.4 Å². The summed E-state index contributed by atoms with van der Waals surface area (Å²) in [7, 11) is 3.47. The molecule has 0 saturated carbocycles. The number of aryl methyl sites for hydroxylation is 5. The molecule has 1 unspecified atom stereocenters. The predicted octanol–water partition coefficient (Wildman–Crippen LogP) is 9.83. The number of hydrogen-bond donors (Lipinski definition) is 1. The molecule has 1 amide bonds. The molecule has 0 saturated heterocycles. The maximum Gasteiger partial charge on any atom is 0.352 e. The van der Waals surface area contributed by atoms with Gasteiger partial charge >= 0.3 is 5.97 Å². The molecular weight excluding hydrogens is 775 g/mol. The third-order valence-corrected chi connectivity index (χ3v) is 12.5. The monoisotopic (exact) mass is 818 g/mol. The van der Waals surface area contributed by atoms with E-state index in [4.69, 9.17) is 37.8 Å². The van der Waals surface area contributed by atoms with Crippen molar-refractivity contribution in [3.63, 3.8) is 0 Å². The van der Waals surface area contributed by atoms with Crippen molar-refractivity contribution in [3.8, 4) is 22.6 Å². The fraction of sp³-hybridized carbons (Fsp3) is 0.289. The molecule has 58 heavy (non-hydrogen) atoms. The molecule has 3 aromatic carbocycles. The van der Waals surface area contributed by atoms with E-state index < -0.39 is 17.5 Å². The number of halogens is 2. The van der Waals surface area contributed by atoms with Crippen LogP contribution >= 0.6 is 23.2 Å².